The van der Waals surface area contributed by atoms with Crippen molar-refractivity contribution in [1.82, 2.24) is 0 Å². The van der Waals surface area contributed by atoms with Gasteiger partial charge in [-0.15, -0.1) is 0 Å². The first-order chi connectivity index (χ1) is 9.48. The Hall–Kier alpha value is -1.26. The van der Waals surface area contributed by atoms with E-state index in [4.69, 9.17) is 5.73 Å². The number of aryl methyl sites for hydroxylation is 1. The van der Waals surface area contributed by atoms with Crippen molar-refractivity contribution >= 4 is 15.9 Å². The standard InChI is InChI=1S/C16H14BrF2N/c17-15-4-2-13(19)8-11(15)9-16(20)6-5-10-7-12(18)1-3-14(10)16/h1-4,7-8H,5-6,9,20H2. The molecule has 0 aliphatic heterocycles. The summed E-state index contributed by atoms with van der Waals surface area (Å²) in [5, 5.41) is 0. The van der Waals surface area contributed by atoms with E-state index in [1.165, 1.54) is 18.2 Å². The molecule has 1 aliphatic rings. The first kappa shape index (κ1) is 13.7. The molecule has 2 N–H and O–H groups in total. The topological polar surface area (TPSA) is 26.0 Å². The highest BCUT2D eigenvalue weighted by Gasteiger charge is 2.35. The summed E-state index contributed by atoms with van der Waals surface area (Å²) in [7, 11) is 0. The Balaban J connectivity index is 1.98. The van der Waals surface area contributed by atoms with Crippen LogP contribution < -0.4 is 5.73 Å². The van der Waals surface area contributed by atoms with E-state index in [1.807, 2.05) is 0 Å². The monoisotopic (exact) mass is 337 g/mol. The molecule has 1 aliphatic carbocycles. The second-order valence-corrected chi connectivity index (χ2v) is 6.22. The second kappa shape index (κ2) is 4.93. The van der Waals surface area contributed by atoms with Crippen molar-refractivity contribution in [3.05, 3.63) is 69.2 Å². The Labute approximate surface area is 124 Å². The van der Waals surface area contributed by atoms with Gasteiger partial charge in [0, 0.05) is 10.0 Å². The SMILES string of the molecule is NC1(Cc2cc(F)ccc2Br)CCc2cc(F)ccc21. The number of benzene rings is 2. The van der Waals surface area contributed by atoms with Crippen LogP contribution in [-0.2, 0) is 18.4 Å². The minimum absolute atomic E-state index is 0.236. The largest absolute Gasteiger partial charge is 0.321 e. The molecule has 1 atom stereocenters. The highest BCUT2D eigenvalue weighted by atomic mass is 79.9. The molecule has 2 aromatic carbocycles. The van der Waals surface area contributed by atoms with Crippen molar-refractivity contribution < 1.29 is 8.78 Å². The van der Waals surface area contributed by atoms with Crippen molar-refractivity contribution in [2.24, 2.45) is 5.73 Å². The van der Waals surface area contributed by atoms with E-state index in [9.17, 15) is 8.78 Å². The van der Waals surface area contributed by atoms with Crippen LogP contribution in [0.25, 0.3) is 0 Å². The van der Waals surface area contributed by atoms with Gasteiger partial charge in [0.25, 0.3) is 0 Å². The molecular weight excluding hydrogens is 324 g/mol. The van der Waals surface area contributed by atoms with Gasteiger partial charge >= 0.3 is 0 Å². The molecule has 0 spiro atoms. The summed E-state index contributed by atoms with van der Waals surface area (Å²) < 4.78 is 27.5. The molecule has 0 heterocycles. The van der Waals surface area contributed by atoms with Crippen molar-refractivity contribution in [2.75, 3.05) is 0 Å². The van der Waals surface area contributed by atoms with Crippen LogP contribution in [0, 0.1) is 11.6 Å². The summed E-state index contributed by atoms with van der Waals surface area (Å²) in [4.78, 5) is 0. The third-order valence-corrected chi connectivity index (χ3v) is 4.73. The van der Waals surface area contributed by atoms with E-state index in [1.54, 1.807) is 18.2 Å². The Bertz CT molecular complexity index is 672. The van der Waals surface area contributed by atoms with Crippen LogP contribution in [0.2, 0.25) is 0 Å². The summed E-state index contributed by atoms with van der Waals surface area (Å²) in [5.41, 5.74) is 8.71. The van der Waals surface area contributed by atoms with Gasteiger partial charge in [0.2, 0.25) is 0 Å². The van der Waals surface area contributed by atoms with Gasteiger partial charge in [0.1, 0.15) is 11.6 Å². The fourth-order valence-corrected chi connectivity index (χ4v) is 3.34. The molecule has 0 amide bonds. The number of fused-ring (bicyclic) bond motifs is 1. The molecule has 1 nitrogen and oxygen atoms in total. The first-order valence-corrected chi connectivity index (χ1v) is 7.29. The maximum absolute atomic E-state index is 13.4. The average Bonchev–Trinajstić information content (AvgIpc) is 2.71. The Kier molecular flexibility index (Phi) is 3.38. The zero-order chi connectivity index (χ0) is 14.3. The van der Waals surface area contributed by atoms with Gasteiger partial charge in [0.15, 0.2) is 0 Å². The van der Waals surface area contributed by atoms with Crippen LogP contribution >= 0.6 is 15.9 Å². The van der Waals surface area contributed by atoms with Gasteiger partial charge in [-0.05, 0) is 66.3 Å². The zero-order valence-corrected chi connectivity index (χ0v) is 12.4. The van der Waals surface area contributed by atoms with Crippen molar-refractivity contribution in [3.63, 3.8) is 0 Å². The van der Waals surface area contributed by atoms with Gasteiger partial charge in [0.05, 0.1) is 0 Å². The molecule has 104 valence electrons. The summed E-state index contributed by atoms with van der Waals surface area (Å²) in [6.07, 6.45) is 2.04. The maximum atomic E-state index is 13.4. The maximum Gasteiger partial charge on any atom is 0.123 e. The third kappa shape index (κ3) is 2.38. The van der Waals surface area contributed by atoms with Crippen LogP contribution in [0.5, 0.6) is 0 Å². The molecule has 0 saturated carbocycles. The van der Waals surface area contributed by atoms with E-state index in [0.29, 0.717) is 6.42 Å². The summed E-state index contributed by atoms with van der Waals surface area (Å²) in [6, 6.07) is 9.34. The number of hydrogen-bond donors (Lipinski definition) is 1. The van der Waals surface area contributed by atoms with Crippen LogP contribution in [0.3, 0.4) is 0 Å². The molecule has 1 unspecified atom stereocenters. The van der Waals surface area contributed by atoms with E-state index in [0.717, 1.165) is 34.0 Å². The molecule has 0 radical (unpaired) electrons. The fraction of sp³-hybridized carbons (Fsp3) is 0.250. The van der Waals surface area contributed by atoms with Crippen molar-refractivity contribution in [1.29, 1.82) is 0 Å². The van der Waals surface area contributed by atoms with Crippen LogP contribution in [0.4, 0.5) is 8.78 Å². The Morgan fingerprint density at radius 2 is 1.80 bits per heavy atom. The van der Waals surface area contributed by atoms with Gasteiger partial charge in [-0.1, -0.05) is 22.0 Å². The normalized spacial score (nSPS) is 21.0. The quantitative estimate of drug-likeness (QED) is 0.878. The highest BCUT2D eigenvalue weighted by molar-refractivity contribution is 9.10. The summed E-state index contributed by atoms with van der Waals surface area (Å²) >= 11 is 3.43. The van der Waals surface area contributed by atoms with Crippen LogP contribution in [0.15, 0.2) is 40.9 Å². The fourth-order valence-electron chi connectivity index (χ4n) is 2.95. The summed E-state index contributed by atoms with van der Waals surface area (Å²) in [5.74, 6) is -0.510. The molecule has 0 aromatic heterocycles. The predicted molar refractivity (Wildman–Crippen MR) is 78.4 cm³/mol. The molecule has 0 fully saturated rings. The Morgan fingerprint density at radius 1 is 1.10 bits per heavy atom. The number of hydrogen-bond acceptors (Lipinski definition) is 1. The minimum atomic E-state index is -0.556. The van der Waals surface area contributed by atoms with Gasteiger partial charge < -0.3 is 5.73 Å². The molecular formula is C16H14BrF2N. The molecule has 0 bridgehead atoms. The van der Waals surface area contributed by atoms with Crippen LogP contribution in [-0.4, -0.2) is 0 Å². The average molecular weight is 338 g/mol. The molecule has 4 heteroatoms. The summed E-state index contributed by atoms with van der Waals surface area (Å²) in [6.45, 7) is 0. The smallest absolute Gasteiger partial charge is 0.123 e. The van der Waals surface area contributed by atoms with Gasteiger partial charge in [-0.2, -0.15) is 0 Å². The predicted octanol–water partition coefficient (Wildman–Crippen LogP) is 4.07. The van der Waals surface area contributed by atoms with Gasteiger partial charge in [-0.25, -0.2) is 8.78 Å². The van der Waals surface area contributed by atoms with E-state index < -0.39 is 5.54 Å². The van der Waals surface area contributed by atoms with E-state index in [2.05, 4.69) is 15.9 Å². The lowest BCUT2D eigenvalue weighted by atomic mass is 9.86. The van der Waals surface area contributed by atoms with Crippen molar-refractivity contribution in [2.45, 2.75) is 24.8 Å². The molecule has 0 saturated heterocycles. The van der Waals surface area contributed by atoms with Crippen molar-refractivity contribution in [3.8, 4) is 0 Å². The highest BCUT2D eigenvalue weighted by Crippen LogP contribution is 2.38. The minimum Gasteiger partial charge on any atom is -0.321 e. The van der Waals surface area contributed by atoms with Gasteiger partial charge in [-0.3, -0.25) is 0 Å². The lowest BCUT2D eigenvalue weighted by Gasteiger charge is -2.26. The second-order valence-electron chi connectivity index (χ2n) is 5.37. The lowest BCUT2D eigenvalue weighted by Crippen LogP contribution is -2.36. The number of halogens is 3. The number of nitrogens with two attached hydrogens (primary N) is 1. The first-order valence-electron chi connectivity index (χ1n) is 6.50. The van der Waals surface area contributed by atoms with Crippen LogP contribution in [0.1, 0.15) is 23.1 Å². The molecule has 2 aromatic rings. The zero-order valence-electron chi connectivity index (χ0n) is 10.8. The molecule has 3 rings (SSSR count). The lowest BCUT2D eigenvalue weighted by molar-refractivity contribution is 0.437. The van der Waals surface area contributed by atoms with E-state index in [-0.39, 0.29) is 11.6 Å². The molecule has 20 heavy (non-hydrogen) atoms. The number of rotatable bonds is 2. The third-order valence-electron chi connectivity index (χ3n) is 3.96. The Morgan fingerprint density at radius 3 is 2.60 bits per heavy atom. The van der Waals surface area contributed by atoms with E-state index >= 15 is 0 Å².